The molecule has 186 valence electrons. The standard InChI is InChI=1S/C25H21F3N4O4/c26-25(27,28)15-30-24(35)32(36-16-34)21-6-2-5-20(12-21)22-14-29-23-13-19(7-9-31(22)23)18-4-1-3-17(11-18)8-10-33/h1-7,9,11-14,16,33H,8,10,15H2,(H,30,35). The van der Waals surface area contributed by atoms with E-state index in [-0.39, 0.29) is 18.8 Å². The highest BCUT2D eigenvalue weighted by molar-refractivity contribution is 5.91. The van der Waals surface area contributed by atoms with Crippen LogP contribution in [0.4, 0.5) is 23.7 Å². The van der Waals surface area contributed by atoms with Gasteiger partial charge in [0, 0.05) is 18.4 Å². The fraction of sp³-hybridized carbons (Fsp3) is 0.160. The molecule has 36 heavy (non-hydrogen) atoms. The van der Waals surface area contributed by atoms with Crippen molar-refractivity contribution in [2.24, 2.45) is 0 Å². The molecule has 0 bridgehead atoms. The predicted molar refractivity (Wildman–Crippen MR) is 126 cm³/mol. The van der Waals surface area contributed by atoms with Crippen LogP contribution in [0, 0.1) is 0 Å². The Morgan fingerprint density at radius 1 is 1.08 bits per heavy atom. The maximum atomic E-state index is 12.5. The number of aromatic nitrogens is 2. The lowest BCUT2D eigenvalue weighted by Crippen LogP contribution is -2.43. The van der Waals surface area contributed by atoms with Gasteiger partial charge in [0.2, 0.25) is 0 Å². The summed E-state index contributed by atoms with van der Waals surface area (Å²) in [7, 11) is 0. The average molecular weight is 498 g/mol. The van der Waals surface area contributed by atoms with Crippen LogP contribution in [0.3, 0.4) is 0 Å². The van der Waals surface area contributed by atoms with Crippen LogP contribution < -0.4 is 10.4 Å². The van der Waals surface area contributed by atoms with E-state index in [9.17, 15) is 27.9 Å². The largest absolute Gasteiger partial charge is 0.405 e. The van der Waals surface area contributed by atoms with E-state index in [1.165, 1.54) is 12.1 Å². The van der Waals surface area contributed by atoms with E-state index in [1.54, 1.807) is 23.6 Å². The van der Waals surface area contributed by atoms with Crippen molar-refractivity contribution >= 4 is 23.8 Å². The summed E-state index contributed by atoms with van der Waals surface area (Å²) < 4.78 is 39.3. The average Bonchev–Trinajstić information content (AvgIpc) is 3.29. The number of amides is 2. The van der Waals surface area contributed by atoms with Gasteiger partial charge < -0.3 is 15.3 Å². The number of aliphatic hydroxyl groups is 1. The first-order valence-corrected chi connectivity index (χ1v) is 10.8. The first kappa shape index (κ1) is 24.7. The van der Waals surface area contributed by atoms with Crippen molar-refractivity contribution in [1.82, 2.24) is 14.7 Å². The molecule has 0 atom stereocenters. The first-order valence-electron chi connectivity index (χ1n) is 10.8. The van der Waals surface area contributed by atoms with E-state index in [0.717, 1.165) is 16.7 Å². The van der Waals surface area contributed by atoms with Crippen molar-refractivity contribution in [2.75, 3.05) is 18.2 Å². The summed E-state index contributed by atoms with van der Waals surface area (Å²) in [6.07, 6.45) is -0.623. The Labute approximate surface area is 203 Å². The summed E-state index contributed by atoms with van der Waals surface area (Å²) in [6, 6.07) is 16.6. The number of rotatable bonds is 8. The van der Waals surface area contributed by atoms with Crippen molar-refractivity contribution < 1.29 is 32.7 Å². The Bertz CT molecular complexity index is 1390. The van der Waals surface area contributed by atoms with Gasteiger partial charge in [-0.3, -0.25) is 9.20 Å². The summed E-state index contributed by atoms with van der Waals surface area (Å²) in [6.45, 7) is -1.57. The molecule has 4 rings (SSSR count). The number of carbonyl (C=O) groups excluding carboxylic acids is 2. The number of nitrogens with zero attached hydrogens (tertiary/aromatic N) is 3. The zero-order valence-corrected chi connectivity index (χ0v) is 18.8. The van der Waals surface area contributed by atoms with Gasteiger partial charge in [-0.1, -0.05) is 36.4 Å². The van der Waals surface area contributed by atoms with Crippen molar-refractivity contribution in [3.05, 3.63) is 78.6 Å². The molecule has 2 aromatic carbocycles. The molecular weight excluding hydrogens is 477 g/mol. The quantitative estimate of drug-likeness (QED) is 0.278. The van der Waals surface area contributed by atoms with Crippen LogP contribution in [0.5, 0.6) is 0 Å². The number of imidazole rings is 1. The molecule has 2 aromatic heterocycles. The number of nitrogens with one attached hydrogen (secondary N) is 1. The Hall–Kier alpha value is -4.38. The number of aliphatic hydroxyl groups excluding tert-OH is 1. The highest BCUT2D eigenvalue weighted by atomic mass is 19.4. The SMILES string of the molecule is O=CON(C(=O)NCC(F)(F)F)c1cccc(-c2cnc3cc(-c4cccc(CCO)c4)ccn23)c1. The zero-order valence-electron chi connectivity index (χ0n) is 18.8. The summed E-state index contributed by atoms with van der Waals surface area (Å²) in [4.78, 5) is 32.2. The second-order valence-electron chi connectivity index (χ2n) is 7.78. The maximum Gasteiger partial charge on any atom is 0.405 e. The van der Waals surface area contributed by atoms with Crippen LogP contribution in [0.25, 0.3) is 28.0 Å². The molecule has 0 unspecified atom stereocenters. The number of carbonyl (C=O) groups is 2. The summed E-state index contributed by atoms with van der Waals surface area (Å²) in [5, 5.41) is 11.3. The van der Waals surface area contributed by atoms with Crippen LogP contribution >= 0.6 is 0 Å². The minimum atomic E-state index is -4.63. The van der Waals surface area contributed by atoms with E-state index in [4.69, 9.17) is 0 Å². The smallest absolute Gasteiger partial charge is 0.396 e. The molecule has 0 fully saturated rings. The third-order valence-corrected chi connectivity index (χ3v) is 5.32. The van der Waals surface area contributed by atoms with Crippen molar-refractivity contribution in [3.8, 4) is 22.4 Å². The molecule has 0 radical (unpaired) electrons. The molecule has 0 saturated heterocycles. The fourth-order valence-electron chi connectivity index (χ4n) is 3.72. The number of benzene rings is 2. The number of alkyl halides is 3. The summed E-state index contributed by atoms with van der Waals surface area (Å²) in [5.41, 5.74) is 4.84. The van der Waals surface area contributed by atoms with Crippen LogP contribution in [0.1, 0.15) is 5.56 Å². The number of anilines is 1. The Balaban J connectivity index is 1.64. The van der Waals surface area contributed by atoms with E-state index in [2.05, 4.69) is 9.82 Å². The molecule has 0 aliphatic heterocycles. The maximum absolute atomic E-state index is 12.5. The molecule has 11 heteroatoms. The topological polar surface area (TPSA) is 96.2 Å². The van der Waals surface area contributed by atoms with Crippen LogP contribution in [0.15, 0.2) is 73.1 Å². The highest BCUT2D eigenvalue weighted by Gasteiger charge is 2.30. The lowest BCUT2D eigenvalue weighted by molar-refractivity contribution is -0.129. The molecule has 2 amide bonds. The fourth-order valence-corrected chi connectivity index (χ4v) is 3.72. The number of hydroxylamine groups is 1. The molecule has 2 heterocycles. The molecule has 0 spiro atoms. The molecule has 8 nitrogen and oxygen atoms in total. The third-order valence-electron chi connectivity index (χ3n) is 5.32. The van der Waals surface area contributed by atoms with Gasteiger partial charge >= 0.3 is 18.7 Å². The van der Waals surface area contributed by atoms with E-state index in [0.29, 0.717) is 28.4 Å². The van der Waals surface area contributed by atoms with Gasteiger partial charge in [-0.2, -0.15) is 13.2 Å². The van der Waals surface area contributed by atoms with Gasteiger partial charge in [0.1, 0.15) is 12.2 Å². The number of halogens is 3. The Kier molecular flexibility index (Phi) is 7.20. The Morgan fingerprint density at radius 2 is 1.83 bits per heavy atom. The summed E-state index contributed by atoms with van der Waals surface area (Å²) in [5.74, 6) is 0. The molecule has 0 aliphatic rings. The van der Waals surface area contributed by atoms with Gasteiger partial charge in [-0.15, -0.1) is 5.06 Å². The molecule has 4 aromatic rings. The Morgan fingerprint density at radius 3 is 2.58 bits per heavy atom. The van der Waals surface area contributed by atoms with Crippen molar-refractivity contribution in [1.29, 1.82) is 0 Å². The molecule has 0 saturated carbocycles. The summed E-state index contributed by atoms with van der Waals surface area (Å²) >= 11 is 0. The number of hydrogen-bond donors (Lipinski definition) is 2. The van der Waals surface area contributed by atoms with Crippen molar-refractivity contribution in [2.45, 2.75) is 12.6 Å². The second-order valence-corrected chi connectivity index (χ2v) is 7.78. The van der Waals surface area contributed by atoms with E-state index < -0.39 is 18.8 Å². The minimum absolute atomic E-state index is 0.0477. The monoisotopic (exact) mass is 498 g/mol. The number of fused-ring (bicyclic) bond motifs is 1. The second kappa shape index (κ2) is 10.5. The normalized spacial score (nSPS) is 11.3. The van der Waals surface area contributed by atoms with E-state index >= 15 is 0 Å². The third kappa shape index (κ3) is 5.63. The number of urea groups is 1. The van der Waals surface area contributed by atoms with Crippen LogP contribution in [0.2, 0.25) is 0 Å². The van der Waals surface area contributed by atoms with Crippen LogP contribution in [-0.4, -0.2) is 46.3 Å². The lowest BCUT2D eigenvalue weighted by Gasteiger charge is -2.20. The van der Waals surface area contributed by atoms with Gasteiger partial charge in [-0.25, -0.2) is 9.78 Å². The minimum Gasteiger partial charge on any atom is -0.396 e. The number of pyridine rings is 1. The molecular formula is C25H21F3N4O4. The first-order chi connectivity index (χ1) is 17.3. The van der Waals surface area contributed by atoms with Gasteiger partial charge in [-0.05, 0) is 47.4 Å². The molecule has 0 aliphatic carbocycles. The van der Waals surface area contributed by atoms with Gasteiger partial charge in [0.25, 0.3) is 0 Å². The van der Waals surface area contributed by atoms with E-state index in [1.807, 2.05) is 47.0 Å². The lowest BCUT2D eigenvalue weighted by atomic mass is 10.0. The number of hydrogen-bond acceptors (Lipinski definition) is 5. The highest BCUT2D eigenvalue weighted by Crippen LogP contribution is 2.28. The van der Waals surface area contributed by atoms with Crippen molar-refractivity contribution in [3.63, 3.8) is 0 Å². The van der Waals surface area contributed by atoms with Gasteiger partial charge in [0.15, 0.2) is 0 Å². The predicted octanol–water partition coefficient (Wildman–Crippen LogP) is 4.37. The zero-order chi connectivity index (χ0) is 25.7. The van der Waals surface area contributed by atoms with Crippen LogP contribution in [-0.2, 0) is 16.1 Å². The van der Waals surface area contributed by atoms with Gasteiger partial charge in [0.05, 0.1) is 17.6 Å². The molecule has 2 N–H and O–H groups in total.